The van der Waals surface area contributed by atoms with Crippen LogP contribution in [-0.4, -0.2) is 79.3 Å². The smallest absolute Gasteiger partial charge is 0.296 e. The van der Waals surface area contributed by atoms with Gasteiger partial charge in [0.05, 0.1) is 16.3 Å². The van der Waals surface area contributed by atoms with Crippen LogP contribution in [0.2, 0.25) is 0 Å². The molecule has 178 valence electrons. The van der Waals surface area contributed by atoms with E-state index in [0.717, 1.165) is 18.2 Å². The molecule has 16 nitrogen and oxygen atoms in total. The Bertz CT molecular complexity index is 1300. The van der Waals surface area contributed by atoms with Crippen molar-refractivity contribution in [1.82, 2.24) is 15.0 Å². The van der Waals surface area contributed by atoms with Gasteiger partial charge in [0.1, 0.15) is 4.90 Å². The molecule has 2 aromatic rings. The predicted molar refractivity (Wildman–Crippen MR) is 112 cm³/mol. The van der Waals surface area contributed by atoms with Crippen molar-refractivity contribution in [3.05, 3.63) is 18.2 Å². The molecular weight excluding hydrogens is 494 g/mol. The summed E-state index contributed by atoms with van der Waals surface area (Å²) in [6, 6.07) is 2.22. The third-order valence-electron chi connectivity index (χ3n) is 3.48. The number of nitrogens with zero attached hydrogens (tertiary/aromatic N) is 3. The largest absolute Gasteiger partial charge is 0.353 e. The first-order chi connectivity index (χ1) is 14.7. The topological polar surface area (TPSA) is 264 Å². The highest BCUT2D eigenvalue weighted by Gasteiger charge is 2.21. The zero-order chi connectivity index (χ0) is 24.2. The lowest BCUT2D eigenvalue weighted by atomic mass is 10.3. The van der Waals surface area contributed by atoms with Crippen LogP contribution in [0.1, 0.15) is 0 Å². The van der Waals surface area contributed by atoms with E-state index in [1.807, 2.05) is 0 Å². The van der Waals surface area contributed by atoms with Gasteiger partial charge in [0, 0.05) is 19.6 Å². The van der Waals surface area contributed by atoms with Crippen molar-refractivity contribution in [2.45, 2.75) is 9.79 Å². The minimum Gasteiger partial charge on any atom is -0.353 e. The maximum atomic E-state index is 11.6. The van der Waals surface area contributed by atoms with Gasteiger partial charge < -0.3 is 21.7 Å². The molecule has 0 fully saturated rings. The van der Waals surface area contributed by atoms with Crippen molar-refractivity contribution in [1.29, 1.82) is 0 Å². The van der Waals surface area contributed by atoms with E-state index in [1.165, 1.54) is 0 Å². The Morgan fingerprint density at radius 2 is 1.38 bits per heavy atom. The van der Waals surface area contributed by atoms with Gasteiger partial charge in [0.2, 0.25) is 17.8 Å². The molecule has 0 bridgehead atoms. The third-order valence-corrected chi connectivity index (χ3v) is 5.96. The Balaban J connectivity index is 2.48. The molecular formula is C13H19N7O9S3. The average Bonchev–Trinajstić information content (AvgIpc) is 2.63. The fourth-order valence-electron chi connectivity index (χ4n) is 2.18. The van der Waals surface area contributed by atoms with Crippen molar-refractivity contribution in [2.75, 3.05) is 41.3 Å². The van der Waals surface area contributed by atoms with Gasteiger partial charge in [-0.15, -0.1) is 0 Å². The quantitative estimate of drug-likeness (QED) is 0.173. The zero-order valence-electron chi connectivity index (χ0n) is 16.0. The number of nitrogens with two attached hydrogens (primary N) is 1. The van der Waals surface area contributed by atoms with Gasteiger partial charge in [-0.3, -0.25) is 13.7 Å². The van der Waals surface area contributed by atoms with E-state index in [9.17, 15) is 34.4 Å². The van der Waals surface area contributed by atoms with Crippen LogP contribution in [0.4, 0.5) is 23.5 Å². The summed E-state index contributed by atoms with van der Waals surface area (Å²) < 4.78 is 95.2. The average molecular weight is 514 g/mol. The minimum absolute atomic E-state index is 0.0818. The molecule has 2 rings (SSSR count). The summed E-state index contributed by atoms with van der Waals surface area (Å²) in [7, 11) is -13.8. The molecule has 32 heavy (non-hydrogen) atoms. The number of hydrogen-bond donors (Lipinski definition) is 7. The van der Waals surface area contributed by atoms with E-state index in [1.54, 1.807) is 0 Å². The number of hydrogen-bond acceptors (Lipinski definition) is 13. The molecule has 0 unspecified atom stereocenters. The number of rotatable bonds is 11. The highest BCUT2D eigenvalue weighted by atomic mass is 32.2. The van der Waals surface area contributed by atoms with Crippen molar-refractivity contribution >= 4 is 53.9 Å². The van der Waals surface area contributed by atoms with Crippen LogP contribution in [0, 0.1) is 0 Å². The Kier molecular flexibility index (Phi) is 7.88. The first-order valence-corrected chi connectivity index (χ1v) is 12.9. The Hall–Kier alpha value is -2.68. The molecule has 1 aromatic carbocycles. The molecule has 8 N–H and O–H groups in total. The van der Waals surface area contributed by atoms with Gasteiger partial charge in [-0.2, -0.15) is 40.2 Å². The Morgan fingerprint density at radius 1 is 0.812 bits per heavy atom. The summed E-state index contributed by atoms with van der Waals surface area (Å²) in [5.74, 6) is -1.31. The van der Waals surface area contributed by atoms with Crippen LogP contribution < -0.4 is 21.7 Å². The van der Waals surface area contributed by atoms with Gasteiger partial charge >= 0.3 is 0 Å². The van der Waals surface area contributed by atoms with Crippen LogP contribution in [0.25, 0.3) is 0 Å². The fourth-order valence-corrected chi connectivity index (χ4v) is 3.67. The Morgan fingerprint density at radius 3 is 1.88 bits per heavy atom. The van der Waals surface area contributed by atoms with Crippen LogP contribution >= 0.6 is 0 Å². The zero-order valence-corrected chi connectivity index (χ0v) is 18.4. The molecule has 0 atom stereocenters. The highest BCUT2D eigenvalue weighted by Crippen LogP contribution is 2.27. The molecule has 0 aliphatic heterocycles. The molecule has 19 heteroatoms. The van der Waals surface area contributed by atoms with Gasteiger partial charge in [0.25, 0.3) is 30.4 Å². The van der Waals surface area contributed by atoms with E-state index in [-0.39, 0.29) is 37.5 Å². The van der Waals surface area contributed by atoms with E-state index in [4.69, 9.17) is 10.3 Å². The summed E-state index contributed by atoms with van der Waals surface area (Å²) in [6.45, 7) is 0.0961. The normalized spacial score (nSPS) is 12.4. The lowest BCUT2D eigenvalue weighted by molar-refractivity contribution is 0.479. The molecule has 0 saturated carbocycles. The predicted octanol–water partition coefficient (Wildman–Crippen LogP) is -1.22. The molecule has 1 aromatic heterocycles. The number of benzene rings is 1. The van der Waals surface area contributed by atoms with Crippen molar-refractivity contribution in [2.24, 2.45) is 5.73 Å². The van der Waals surface area contributed by atoms with Gasteiger partial charge in [-0.1, -0.05) is 0 Å². The summed E-state index contributed by atoms with van der Waals surface area (Å²) in [6.07, 6.45) is 0. The monoisotopic (exact) mass is 513 g/mol. The summed E-state index contributed by atoms with van der Waals surface area (Å²) in [5, 5.41) is 7.62. The lowest BCUT2D eigenvalue weighted by Crippen LogP contribution is -2.19. The molecule has 1 heterocycles. The number of anilines is 4. The molecule has 0 amide bonds. The third kappa shape index (κ3) is 7.78. The van der Waals surface area contributed by atoms with Gasteiger partial charge in [-0.05, 0) is 18.2 Å². The molecule has 0 spiro atoms. The van der Waals surface area contributed by atoms with Crippen molar-refractivity contribution < 1.29 is 38.9 Å². The van der Waals surface area contributed by atoms with Gasteiger partial charge in [-0.25, -0.2) is 0 Å². The first kappa shape index (κ1) is 25.6. The van der Waals surface area contributed by atoms with E-state index in [0.29, 0.717) is 0 Å². The fraction of sp³-hybridized carbons (Fsp3) is 0.308. The summed E-state index contributed by atoms with van der Waals surface area (Å²) in [5.41, 5.74) is 4.90. The van der Waals surface area contributed by atoms with E-state index in [2.05, 4.69) is 30.9 Å². The second-order valence-electron chi connectivity index (χ2n) is 5.97. The van der Waals surface area contributed by atoms with Crippen LogP contribution in [0.3, 0.4) is 0 Å². The van der Waals surface area contributed by atoms with E-state index < -0.39 is 51.6 Å². The van der Waals surface area contributed by atoms with Crippen LogP contribution in [0.5, 0.6) is 0 Å². The molecule has 0 aliphatic rings. The Labute approximate surface area is 182 Å². The van der Waals surface area contributed by atoms with E-state index >= 15 is 0 Å². The summed E-state index contributed by atoms with van der Waals surface area (Å²) >= 11 is 0. The summed E-state index contributed by atoms with van der Waals surface area (Å²) in [4.78, 5) is 10.3. The maximum absolute atomic E-state index is 11.6. The first-order valence-electron chi connectivity index (χ1n) is 8.44. The highest BCUT2D eigenvalue weighted by molar-refractivity contribution is 7.86. The second-order valence-corrected chi connectivity index (χ2v) is 10.4. The number of aromatic nitrogens is 3. The molecule has 0 saturated heterocycles. The van der Waals surface area contributed by atoms with Crippen molar-refractivity contribution in [3.63, 3.8) is 0 Å². The minimum atomic E-state index is -4.83. The second kappa shape index (κ2) is 9.85. The van der Waals surface area contributed by atoms with Gasteiger partial charge in [0.15, 0.2) is 0 Å². The standard InChI is InChI=1S/C13H19N7O9S3/c14-3-4-15-11-18-12(16-5-6-30(21,22)23)20-13(19-11)17-9-7-8(31(24,25)26)1-2-10(9)32(27,28)29/h1-2,7H,3-6,14H2,(H,21,22,23)(H,24,25,26)(H,27,28,29)(H3,15,16,17,18,19,20). The lowest BCUT2D eigenvalue weighted by Gasteiger charge is -2.13. The van der Waals surface area contributed by atoms with Crippen LogP contribution in [-0.2, 0) is 30.4 Å². The SMILES string of the molecule is NCCNc1nc(NCCS(=O)(=O)O)nc(Nc2cc(S(=O)(=O)O)ccc2S(=O)(=O)O)n1. The van der Waals surface area contributed by atoms with Crippen LogP contribution in [0.15, 0.2) is 28.0 Å². The number of nitrogens with one attached hydrogen (secondary N) is 3. The molecule has 0 radical (unpaired) electrons. The molecule has 0 aliphatic carbocycles. The van der Waals surface area contributed by atoms with Crippen molar-refractivity contribution in [3.8, 4) is 0 Å². The maximum Gasteiger partial charge on any atom is 0.296 e.